The Morgan fingerprint density at radius 2 is 1.28 bits per heavy atom. The zero-order valence-corrected chi connectivity index (χ0v) is 17.7. The lowest BCUT2D eigenvalue weighted by Gasteiger charge is -2.12. The van der Waals surface area contributed by atoms with Gasteiger partial charge in [-0.3, -0.25) is 4.98 Å². The minimum Gasteiger partial charge on any atom is -0.307 e. The molecule has 0 saturated heterocycles. The molecule has 0 radical (unpaired) electrons. The van der Waals surface area contributed by atoms with Crippen LogP contribution in [0.4, 0.5) is 0 Å². The van der Waals surface area contributed by atoms with Crippen LogP contribution >= 0.6 is 0 Å². The quantitative estimate of drug-likeness (QED) is 0.360. The second-order valence-corrected chi connectivity index (χ2v) is 7.63. The van der Waals surface area contributed by atoms with E-state index in [-0.39, 0.29) is 0 Å². The number of hydrogen-bond acceptors (Lipinski definition) is 3. The largest absolute Gasteiger partial charge is 0.307 e. The lowest BCUT2D eigenvalue weighted by Crippen LogP contribution is -2.14. The summed E-state index contributed by atoms with van der Waals surface area (Å²) in [5, 5.41) is 8.26. The molecule has 0 unspecified atom stereocenters. The van der Waals surface area contributed by atoms with E-state index in [2.05, 4.69) is 83.1 Å². The van der Waals surface area contributed by atoms with Gasteiger partial charge in [-0.25, -0.2) is 4.68 Å². The SMILES string of the molecule is c1ccc(-c2ccc(-n3ncc(CNCc4ccccn4)c3-c3ccccc3)cc2)cc1. The minimum atomic E-state index is 0.711. The lowest BCUT2D eigenvalue weighted by atomic mass is 10.0. The van der Waals surface area contributed by atoms with Crippen LogP contribution in [-0.4, -0.2) is 14.8 Å². The Balaban J connectivity index is 1.44. The second kappa shape index (κ2) is 9.41. The van der Waals surface area contributed by atoms with Crippen LogP contribution in [-0.2, 0) is 13.1 Å². The van der Waals surface area contributed by atoms with Crippen LogP contribution in [0.1, 0.15) is 11.3 Å². The molecule has 2 aromatic heterocycles. The zero-order chi connectivity index (χ0) is 21.6. The first-order valence-corrected chi connectivity index (χ1v) is 10.8. The zero-order valence-electron chi connectivity index (χ0n) is 17.7. The Bertz CT molecular complexity index is 1260. The van der Waals surface area contributed by atoms with Gasteiger partial charge in [0.25, 0.3) is 0 Å². The highest BCUT2D eigenvalue weighted by molar-refractivity contribution is 5.68. The molecule has 0 spiro atoms. The summed E-state index contributed by atoms with van der Waals surface area (Å²) < 4.78 is 2.03. The van der Waals surface area contributed by atoms with Gasteiger partial charge in [-0.05, 0) is 35.4 Å². The highest BCUT2D eigenvalue weighted by atomic mass is 15.3. The van der Waals surface area contributed by atoms with E-state index in [1.54, 1.807) is 0 Å². The Labute approximate surface area is 188 Å². The van der Waals surface area contributed by atoms with E-state index in [0.29, 0.717) is 13.1 Å². The van der Waals surface area contributed by atoms with Crippen LogP contribution in [0.3, 0.4) is 0 Å². The minimum absolute atomic E-state index is 0.711. The highest BCUT2D eigenvalue weighted by Gasteiger charge is 2.14. The van der Waals surface area contributed by atoms with Crippen molar-refractivity contribution in [3.05, 3.63) is 127 Å². The molecule has 0 amide bonds. The van der Waals surface area contributed by atoms with Crippen molar-refractivity contribution in [3.63, 3.8) is 0 Å². The van der Waals surface area contributed by atoms with Crippen molar-refractivity contribution < 1.29 is 0 Å². The molecule has 0 aliphatic carbocycles. The molecule has 0 aliphatic heterocycles. The van der Waals surface area contributed by atoms with Gasteiger partial charge >= 0.3 is 0 Å². The molecule has 4 nitrogen and oxygen atoms in total. The summed E-state index contributed by atoms with van der Waals surface area (Å²) >= 11 is 0. The summed E-state index contributed by atoms with van der Waals surface area (Å²) in [5.41, 5.74) is 7.87. The summed E-state index contributed by atoms with van der Waals surface area (Å²) in [5.74, 6) is 0. The van der Waals surface area contributed by atoms with Crippen molar-refractivity contribution in [1.82, 2.24) is 20.1 Å². The maximum absolute atomic E-state index is 4.75. The number of benzene rings is 3. The molecule has 0 bridgehead atoms. The number of nitrogens with zero attached hydrogens (tertiary/aromatic N) is 3. The molecule has 1 N–H and O–H groups in total. The van der Waals surface area contributed by atoms with Crippen molar-refractivity contribution in [2.45, 2.75) is 13.1 Å². The number of nitrogens with one attached hydrogen (secondary N) is 1. The number of pyridine rings is 1. The van der Waals surface area contributed by atoms with E-state index in [1.807, 2.05) is 47.4 Å². The fourth-order valence-electron chi connectivity index (χ4n) is 3.86. The number of hydrogen-bond donors (Lipinski definition) is 1. The predicted octanol–water partition coefficient (Wildman–Crippen LogP) is 5.89. The van der Waals surface area contributed by atoms with Crippen LogP contribution in [0.15, 0.2) is 116 Å². The normalized spacial score (nSPS) is 10.9. The Hall–Kier alpha value is -4.02. The van der Waals surface area contributed by atoms with Gasteiger partial charge in [0.1, 0.15) is 0 Å². The van der Waals surface area contributed by atoms with Gasteiger partial charge in [0.2, 0.25) is 0 Å². The maximum atomic E-state index is 4.75. The fourth-order valence-corrected chi connectivity index (χ4v) is 3.86. The van der Waals surface area contributed by atoms with E-state index < -0.39 is 0 Å². The van der Waals surface area contributed by atoms with Gasteiger partial charge < -0.3 is 5.32 Å². The Morgan fingerprint density at radius 1 is 0.625 bits per heavy atom. The summed E-state index contributed by atoms with van der Waals surface area (Å²) in [6.07, 6.45) is 3.78. The van der Waals surface area contributed by atoms with Crippen LogP contribution in [0.25, 0.3) is 28.1 Å². The Kier molecular flexibility index (Phi) is 5.86. The Morgan fingerprint density at radius 3 is 1.97 bits per heavy atom. The molecule has 4 heteroatoms. The number of rotatable bonds is 7. The van der Waals surface area contributed by atoms with Crippen LogP contribution in [0.2, 0.25) is 0 Å². The van der Waals surface area contributed by atoms with E-state index in [0.717, 1.165) is 28.2 Å². The first-order chi connectivity index (χ1) is 15.9. The molecular weight excluding hydrogens is 392 g/mol. The van der Waals surface area contributed by atoms with Crippen LogP contribution < -0.4 is 5.32 Å². The molecule has 2 heterocycles. The van der Waals surface area contributed by atoms with Gasteiger partial charge in [0, 0.05) is 30.4 Å². The van der Waals surface area contributed by atoms with Gasteiger partial charge in [-0.1, -0.05) is 78.9 Å². The molecule has 3 aromatic carbocycles. The standard InChI is InChI=1S/C28H24N4/c1-3-9-22(10-4-1)23-14-16-27(17-15-23)32-28(24-11-5-2-6-12-24)25(20-31-32)19-29-21-26-13-7-8-18-30-26/h1-18,20,29H,19,21H2. The topological polar surface area (TPSA) is 42.7 Å². The maximum Gasteiger partial charge on any atom is 0.0785 e. The van der Waals surface area contributed by atoms with Crippen molar-refractivity contribution in [3.8, 4) is 28.1 Å². The summed E-state index contributed by atoms with van der Waals surface area (Å²) in [6, 6.07) is 35.4. The molecular formula is C28H24N4. The van der Waals surface area contributed by atoms with Gasteiger partial charge in [-0.2, -0.15) is 5.10 Å². The fraction of sp³-hybridized carbons (Fsp3) is 0.0714. The molecule has 0 aliphatic rings. The third-order valence-corrected chi connectivity index (χ3v) is 5.46. The van der Waals surface area contributed by atoms with Crippen LogP contribution in [0.5, 0.6) is 0 Å². The first-order valence-electron chi connectivity index (χ1n) is 10.8. The summed E-state index contributed by atoms with van der Waals surface area (Å²) in [7, 11) is 0. The van der Waals surface area contributed by atoms with Crippen LogP contribution in [0, 0.1) is 0 Å². The first kappa shape index (κ1) is 19.9. The third kappa shape index (κ3) is 4.36. The molecule has 0 saturated carbocycles. The van der Waals surface area contributed by atoms with Gasteiger partial charge in [-0.15, -0.1) is 0 Å². The molecule has 0 fully saturated rings. The van der Waals surface area contributed by atoms with Crippen molar-refractivity contribution in [1.29, 1.82) is 0 Å². The molecule has 156 valence electrons. The summed E-state index contributed by atoms with van der Waals surface area (Å²) in [6.45, 7) is 1.43. The third-order valence-electron chi connectivity index (χ3n) is 5.46. The van der Waals surface area contributed by atoms with Crippen molar-refractivity contribution in [2.75, 3.05) is 0 Å². The predicted molar refractivity (Wildman–Crippen MR) is 129 cm³/mol. The monoisotopic (exact) mass is 416 g/mol. The van der Waals surface area contributed by atoms with E-state index in [4.69, 9.17) is 5.10 Å². The second-order valence-electron chi connectivity index (χ2n) is 7.63. The summed E-state index contributed by atoms with van der Waals surface area (Å²) in [4.78, 5) is 4.39. The van der Waals surface area contributed by atoms with E-state index in [1.165, 1.54) is 11.1 Å². The molecule has 0 atom stereocenters. The van der Waals surface area contributed by atoms with Gasteiger partial charge in [0.15, 0.2) is 0 Å². The average molecular weight is 417 g/mol. The molecule has 5 aromatic rings. The smallest absolute Gasteiger partial charge is 0.0785 e. The highest BCUT2D eigenvalue weighted by Crippen LogP contribution is 2.28. The lowest BCUT2D eigenvalue weighted by molar-refractivity contribution is 0.680. The molecule has 32 heavy (non-hydrogen) atoms. The van der Waals surface area contributed by atoms with Crippen molar-refractivity contribution in [2.24, 2.45) is 0 Å². The van der Waals surface area contributed by atoms with E-state index >= 15 is 0 Å². The molecule has 5 rings (SSSR count). The average Bonchev–Trinajstić information content (AvgIpc) is 3.30. The van der Waals surface area contributed by atoms with Crippen molar-refractivity contribution >= 4 is 0 Å². The van der Waals surface area contributed by atoms with E-state index in [9.17, 15) is 0 Å². The number of aromatic nitrogens is 3. The van der Waals surface area contributed by atoms with Gasteiger partial charge in [0.05, 0.1) is 23.3 Å².